The number of thiazole rings is 1. The standard InChI is InChI=1S/C17H21N3O2S/c21-11-13-5-4-8-20(10-13)17(22)18-9-16-19-15(12-23-16)14-6-2-1-3-7-14/h1-3,6-7,12-13,21H,4-5,8-11H2,(H,18,22). The van der Waals surface area contributed by atoms with Crippen LogP contribution >= 0.6 is 11.3 Å². The molecule has 0 bridgehead atoms. The molecule has 0 spiro atoms. The lowest BCUT2D eigenvalue weighted by molar-refractivity contribution is 0.129. The van der Waals surface area contributed by atoms with Crippen LogP contribution in [0.2, 0.25) is 0 Å². The number of carbonyl (C=O) groups excluding carboxylic acids is 1. The van der Waals surface area contributed by atoms with E-state index in [2.05, 4.69) is 10.3 Å². The molecule has 1 aliphatic heterocycles. The quantitative estimate of drug-likeness (QED) is 0.905. The van der Waals surface area contributed by atoms with Crippen molar-refractivity contribution in [2.45, 2.75) is 19.4 Å². The van der Waals surface area contributed by atoms with Gasteiger partial charge in [-0.15, -0.1) is 11.3 Å². The number of hydrogen-bond donors (Lipinski definition) is 2. The number of rotatable bonds is 4. The summed E-state index contributed by atoms with van der Waals surface area (Å²) in [6, 6.07) is 9.95. The Balaban J connectivity index is 1.54. The van der Waals surface area contributed by atoms with Crippen LogP contribution in [-0.4, -0.2) is 40.7 Å². The van der Waals surface area contributed by atoms with E-state index in [1.54, 1.807) is 16.2 Å². The van der Waals surface area contributed by atoms with Gasteiger partial charge in [0.25, 0.3) is 0 Å². The van der Waals surface area contributed by atoms with Crippen LogP contribution < -0.4 is 5.32 Å². The van der Waals surface area contributed by atoms with Crippen LogP contribution in [0.4, 0.5) is 4.79 Å². The first-order valence-electron chi connectivity index (χ1n) is 7.89. The molecule has 3 rings (SSSR count). The number of urea groups is 1. The van der Waals surface area contributed by atoms with Crippen LogP contribution in [0, 0.1) is 5.92 Å². The Bertz CT molecular complexity index is 644. The smallest absolute Gasteiger partial charge is 0.317 e. The molecular formula is C17H21N3O2S. The fourth-order valence-corrected chi connectivity index (χ4v) is 3.54. The molecule has 0 radical (unpaired) electrons. The summed E-state index contributed by atoms with van der Waals surface area (Å²) in [7, 11) is 0. The van der Waals surface area contributed by atoms with Gasteiger partial charge in [-0.2, -0.15) is 0 Å². The molecule has 0 saturated carbocycles. The van der Waals surface area contributed by atoms with Gasteiger partial charge in [0.2, 0.25) is 0 Å². The molecule has 2 aromatic rings. The van der Waals surface area contributed by atoms with Crippen molar-refractivity contribution in [3.8, 4) is 11.3 Å². The summed E-state index contributed by atoms with van der Waals surface area (Å²) in [5.74, 6) is 0.207. The number of aromatic nitrogens is 1. The average Bonchev–Trinajstić information content (AvgIpc) is 3.09. The summed E-state index contributed by atoms with van der Waals surface area (Å²) >= 11 is 1.55. The van der Waals surface area contributed by atoms with Gasteiger partial charge in [0.15, 0.2) is 0 Å². The monoisotopic (exact) mass is 331 g/mol. The Hall–Kier alpha value is -1.92. The number of amides is 2. The van der Waals surface area contributed by atoms with E-state index in [4.69, 9.17) is 0 Å². The lowest BCUT2D eigenvalue weighted by atomic mass is 9.99. The predicted octanol–water partition coefficient (Wildman–Crippen LogP) is 2.72. The molecule has 122 valence electrons. The zero-order valence-corrected chi connectivity index (χ0v) is 13.8. The number of hydrogen-bond acceptors (Lipinski definition) is 4. The van der Waals surface area contributed by atoms with Crippen molar-refractivity contribution in [2.75, 3.05) is 19.7 Å². The first kappa shape index (κ1) is 16.0. The molecule has 23 heavy (non-hydrogen) atoms. The Kier molecular flexibility index (Phi) is 5.25. The van der Waals surface area contributed by atoms with E-state index in [1.807, 2.05) is 35.7 Å². The molecule has 1 aromatic carbocycles. The summed E-state index contributed by atoms with van der Waals surface area (Å²) in [5.41, 5.74) is 2.03. The molecule has 1 unspecified atom stereocenters. The van der Waals surface area contributed by atoms with Crippen LogP contribution in [0.3, 0.4) is 0 Å². The van der Waals surface area contributed by atoms with Crippen molar-refractivity contribution in [2.24, 2.45) is 5.92 Å². The second-order valence-corrected chi connectivity index (χ2v) is 6.73. The van der Waals surface area contributed by atoms with Crippen molar-refractivity contribution in [1.82, 2.24) is 15.2 Å². The lowest BCUT2D eigenvalue weighted by Crippen LogP contribution is -2.45. The van der Waals surface area contributed by atoms with Crippen molar-refractivity contribution in [3.05, 3.63) is 40.7 Å². The van der Waals surface area contributed by atoms with Gasteiger partial charge in [-0.05, 0) is 18.8 Å². The fraction of sp³-hybridized carbons (Fsp3) is 0.412. The van der Waals surface area contributed by atoms with Crippen molar-refractivity contribution >= 4 is 17.4 Å². The van der Waals surface area contributed by atoms with Crippen LogP contribution in [-0.2, 0) is 6.54 Å². The van der Waals surface area contributed by atoms with Crippen molar-refractivity contribution in [3.63, 3.8) is 0 Å². The predicted molar refractivity (Wildman–Crippen MR) is 91.2 cm³/mol. The third kappa shape index (κ3) is 4.09. The molecule has 5 nitrogen and oxygen atoms in total. The third-order valence-corrected chi connectivity index (χ3v) is 4.93. The molecule has 2 N–H and O–H groups in total. The third-order valence-electron chi connectivity index (χ3n) is 4.08. The number of nitrogens with zero attached hydrogens (tertiary/aromatic N) is 2. The molecule has 2 amide bonds. The molecule has 0 aliphatic carbocycles. The SMILES string of the molecule is O=C(NCc1nc(-c2ccccc2)cs1)N1CCCC(CO)C1. The number of aliphatic hydroxyl groups excluding tert-OH is 1. The molecule has 6 heteroatoms. The summed E-state index contributed by atoms with van der Waals surface area (Å²) in [4.78, 5) is 18.6. The van der Waals surface area contributed by atoms with Gasteiger partial charge >= 0.3 is 6.03 Å². The summed E-state index contributed by atoms with van der Waals surface area (Å²) in [5, 5.41) is 15.1. The average molecular weight is 331 g/mol. The maximum absolute atomic E-state index is 12.2. The first-order chi connectivity index (χ1) is 11.3. The van der Waals surface area contributed by atoms with E-state index in [9.17, 15) is 9.90 Å². The zero-order valence-electron chi connectivity index (χ0n) is 12.9. The Morgan fingerprint density at radius 3 is 3.00 bits per heavy atom. The van der Waals surface area contributed by atoms with Gasteiger partial charge in [-0.1, -0.05) is 30.3 Å². The first-order valence-corrected chi connectivity index (χ1v) is 8.77. The Morgan fingerprint density at radius 2 is 2.22 bits per heavy atom. The number of benzene rings is 1. The number of carbonyl (C=O) groups is 1. The van der Waals surface area contributed by atoms with E-state index in [0.717, 1.165) is 35.7 Å². The van der Waals surface area contributed by atoms with Gasteiger partial charge in [-0.3, -0.25) is 0 Å². The minimum absolute atomic E-state index is 0.0698. The minimum Gasteiger partial charge on any atom is -0.396 e. The number of likely N-dealkylation sites (tertiary alicyclic amines) is 1. The number of piperidine rings is 1. The lowest BCUT2D eigenvalue weighted by Gasteiger charge is -2.31. The van der Waals surface area contributed by atoms with Crippen LogP contribution in [0.1, 0.15) is 17.8 Å². The van der Waals surface area contributed by atoms with Gasteiger partial charge in [0.05, 0.1) is 12.2 Å². The number of nitrogens with one attached hydrogen (secondary N) is 1. The fourth-order valence-electron chi connectivity index (χ4n) is 2.80. The van der Waals surface area contributed by atoms with E-state index in [0.29, 0.717) is 13.1 Å². The van der Waals surface area contributed by atoms with Gasteiger partial charge in [-0.25, -0.2) is 9.78 Å². The van der Waals surface area contributed by atoms with Gasteiger partial charge in [0, 0.05) is 30.6 Å². The highest BCUT2D eigenvalue weighted by Crippen LogP contribution is 2.21. The molecule has 1 atom stereocenters. The van der Waals surface area contributed by atoms with Crippen LogP contribution in [0.5, 0.6) is 0 Å². The molecular weight excluding hydrogens is 310 g/mol. The topological polar surface area (TPSA) is 65.5 Å². The number of aliphatic hydroxyl groups is 1. The highest BCUT2D eigenvalue weighted by Gasteiger charge is 2.23. The normalized spacial score (nSPS) is 18.0. The Morgan fingerprint density at radius 1 is 1.39 bits per heavy atom. The van der Waals surface area contributed by atoms with Crippen LogP contribution in [0.25, 0.3) is 11.3 Å². The zero-order chi connectivity index (χ0) is 16.1. The van der Waals surface area contributed by atoms with Crippen molar-refractivity contribution in [1.29, 1.82) is 0 Å². The minimum atomic E-state index is -0.0698. The molecule has 1 fully saturated rings. The van der Waals surface area contributed by atoms with Gasteiger partial charge in [0.1, 0.15) is 5.01 Å². The van der Waals surface area contributed by atoms with Crippen LogP contribution in [0.15, 0.2) is 35.7 Å². The Labute approximate surface area is 140 Å². The highest BCUT2D eigenvalue weighted by atomic mass is 32.1. The van der Waals surface area contributed by atoms with E-state index in [1.165, 1.54) is 0 Å². The molecule has 1 aromatic heterocycles. The summed E-state index contributed by atoms with van der Waals surface area (Å²) < 4.78 is 0. The molecule has 1 aliphatic rings. The van der Waals surface area contributed by atoms with E-state index < -0.39 is 0 Å². The largest absolute Gasteiger partial charge is 0.396 e. The summed E-state index contributed by atoms with van der Waals surface area (Å²) in [6.07, 6.45) is 1.95. The molecule has 2 heterocycles. The van der Waals surface area contributed by atoms with Crippen molar-refractivity contribution < 1.29 is 9.90 Å². The maximum atomic E-state index is 12.2. The van der Waals surface area contributed by atoms with E-state index >= 15 is 0 Å². The second-order valence-electron chi connectivity index (χ2n) is 5.79. The summed E-state index contributed by atoms with van der Waals surface area (Å²) in [6.45, 7) is 1.98. The molecule has 1 saturated heterocycles. The second kappa shape index (κ2) is 7.57. The van der Waals surface area contributed by atoms with Gasteiger partial charge < -0.3 is 15.3 Å². The maximum Gasteiger partial charge on any atom is 0.317 e. The van der Waals surface area contributed by atoms with E-state index in [-0.39, 0.29) is 18.6 Å². The highest BCUT2D eigenvalue weighted by molar-refractivity contribution is 7.09.